The normalized spacial score (nSPS) is 38.0. The Morgan fingerprint density at radius 2 is 0.797 bits per heavy atom. The maximum absolute atomic E-state index is 13.8. The number of nitrogens with zero attached hydrogens (tertiary/aromatic N) is 1. The zero-order valence-corrected chi connectivity index (χ0v) is 96.0. The van der Waals surface area contributed by atoms with E-state index in [0.717, 1.165) is 151 Å². The molecule has 14 fully saturated rings. The van der Waals surface area contributed by atoms with Gasteiger partial charge in [-0.25, -0.2) is 0 Å². The molecule has 0 spiro atoms. The Morgan fingerprint density at radius 3 is 1.08 bits per heavy atom. The van der Waals surface area contributed by atoms with Crippen LogP contribution in [0, 0.1) is 121 Å². The number of carbonyl (C=O) groups is 3. The number of carboxylic acids is 1. The summed E-state index contributed by atoms with van der Waals surface area (Å²) in [5, 5.41) is 53.4. The van der Waals surface area contributed by atoms with E-state index in [1.807, 2.05) is 6.92 Å². The van der Waals surface area contributed by atoms with Crippen LogP contribution in [0.5, 0.6) is 0 Å². The van der Waals surface area contributed by atoms with Crippen molar-refractivity contribution < 1.29 is 54.1 Å². The van der Waals surface area contributed by atoms with Gasteiger partial charge in [0, 0.05) is 58.9 Å². The van der Waals surface area contributed by atoms with E-state index >= 15 is 0 Å². The molecule has 0 aromatic rings. The fourth-order valence-corrected chi connectivity index (χ4v) is 51.1. The van der Waals surface area contributed by atoms with Gasteiger partial charge in [0.25, 0.3) is 0 Å². The van der Waals surface area contributed by atoms with Crippen molar-refractivity contribution in [2.75, 3.05) is 61.3 Å². The summed E-state index contributed by atoms with van der Waals surface area (Å²) in [6, 6.07) is 1.21. The second-order valence-electron chi connectivity index (χ2n) is 43.8. The first-order chi connectivity index (χ1) is 62.0. The van der Waals surface area contributed by atoms with Crippen LogP contribution in [0.2, 0.25) is 0 Å². The van der Waals surface area contributed by atoms with Gasteiger partial charge in [-0.1, -0.05) is 55.4 Å². The van der Waals surface area contributed by atoms with Crippen molar-refractivity contribution in [1.82, 2.24) is 10.2 Å². The molecule has 0 aromatic heterocycles. The SMILES string of the molecule is C.CC[C@]12CC[C@](O)(COC)C[C@H]1CC[C@H]1[C@@H]3CC[C@H](C(=O)N4CCCC[C@@H]4C)[C@@]3(C)CC[C@@H]12.CC[C@]12CC[C@](O)(COC)C[C@H]1CC[C@H]1[C@@H]3CC[C@H](C(=O)O)[C@@]3(C)CC[C@@H]12.CC[C@]12CC[C@](O)(COC)C[C@H]1CC[C@H]1[C@@H]3CC[C@H](C(C)=O)[C@@]3(C)CC[C@@H]12.CO.C[C@H]1CCCCN1.[B]B([B])B(B([B])[B])I(I)B([B])[B].[B][B]B(B([B])[B])I(I)B([B])[B].[B][B]B([B])I(I)B(B([B])[B])B([B])[B]. The molecule has 49 heteroatoms. The summed E-state index contributed by atoms with van der Waals surface area (Å²) < 4.78 is 15.1. The van der Waals surface area contributed by atoms with Gasteiger partial charge in [-0.2, -0.15) is 0 Å². The Hall–Kier alpha value is 4.62. The molecule has 2 aliphatic heterocycles. The third-order valence-electron chi connectivity index (χ3n) is 37.2. The number of carbonyl (C=O) groups excluding carboxylic acids is 2. The first kappa shape index (κ1) is 126. The molecule has 692 valence electrons. The van der Waals surface area contributed by atoms with Crippen molar-refractivity contribution in [1.29, 1.82) is 0 Å². The molecule has 0 bridgehead atoms. The molecule has 2 heterocycles. The standard InChI is InChI=1S/C29H49NO3.C24H40O3.C23H38O4.C6H13N.CH4O.CH4.B11I2.B10I2.B9I2/c1-5-29-16-15-28(32,19-33-4)18-21(29)9-10-22-23-11-12-25(27(23,3)14-13-24(22)29)26(31)30-17-7-6-8-20(30)2;1-5-24-13-12-23(26,15-27-4)14-17(24)6-7-18-20-9-8-19(16(2)25)22(20,3)11-10-21(18)24;1-4-23-12-11-22(26,14-27-3)13-15(23)5-6-16-17-7-8-19(20(24)25)21(17,2)10-9-18(16)23;1-6-4-2-3-5-7-6;1-2;;1-7-10(6)13(12)11(8(2)3)9(4)5;1-7(2)10(8(3)4)12(11)9(5)6;1-6-9(7(2)3)11(10)8(4)5/h20-25,32H,5-19H2,1-4H3;17-21,26H,5-15H2,1-4H3;15-19,26H,4-14H2,1-3H3,(H,24,25);6-7H,2-5H2,1H3;2H,1H3;1H4;;;/t20-,21+,22-,23-,24-,25+,27-,28+,29-;17-,18+,19-,20+,21+,22-,23-,24+;15-,16+,17+,18+,19-,21+,22-,23+;6-;;;;;/m0110...../s1. The predicted molar refractivity (Wildman–Crippen MR) is 646 cm³/mol. The van der Waals surface area contributed by atoms with Crippen LogP contribution in [-0.4, -0.2) is 342 Å². The number of halogens is 6. The predicted octanol–water partition coefficient (Wildman–Crippen LogP) is 10.6. The van der Waals surface area contributed by atoms with Crippen molar-refractivity contribution >= 4 is 323 Å². The molecule has 2 saturated heterocycles. The third-order valence-corrected chi connectivity index (χ3v) is 72.3. The van der Waals surface area contributed by atoms with Crippen LogP contribution in [-0.2, 0) is 28.6 Å². The van der Waals surface area contributed by atoms with E-state index in [1.54, 1.807) is 21.3 Å². The number of fused-ring (bicyclic) bond motifs is 15. The van der Waals surface area contributed by atoms with Crippen molar-refractivity contribution in [2.45, 2.75) is 330 Å². The average molecular weight is 2450 g/mol. The quantitative estimate of drug-likeness (QED) is 0.0375. The molecule has 133 heavy (non-hydrogen) atoms. The van der Waals surface area contributed by atoms with Crippen molar-refractivity contribution in [3.05, 3.63) is 0 Å². The molecule has 0 aromatic carbocycles. The van der Waals surface area contributed by atoms with E-state index in [-0.39, 0.29) is 61.6 Å². The number of rotatable bonds is 25. The second-order valence-corrected chi connectivity index (χ2v) is 76.4. The fourth-order valence-electron chi connectivity index (χ4n) is 30.8. The van der Waals surface area contributed by atoms with E-state index in [2.05, 4.69) is 121 Å². The number of piperidine rings is 2. The molecular formula is C84H148B30I6N2O11. The van der Waals surface area contributed by atoms with E-state index in [1.165, 1.54) is 162 Å². The van der Waals surface area contributed by atoms with Gasteiger partial charge in [-0.15, -0.1) is 0 Å². The van der Waals surface area contributed by atoms with Crippen LogP contribution in [0.1, 0.15) is 301 Å². The van der Waals surface area contributed by atoms with Gasteiger partial charge in [0.2, 0.25) is 5.91 Å². The maximum atomic E-state index is 13.8. The van der Waals surface area contributed by atoms with Gasteiger partial charge in [0.05, 0.1) is 42.5 Å². The zero-order chi connectivity index (χ0) is 98.9. The van der Waals surface area contributed by atoms with Crippen LogP contribution < -0.4 is 5.32 Å². The van der Waals surface area contributed by atoms with E-state index < -0.39 is 101 Å². The first-order valence-electron chi connectivity index (χ1n) is 50.4. The number of amides is 1. The summed E-state index contributed by atoms with van der Waals surface area (Å²) in [7, 11) is 103. The molecule has 26 atom stereocenters. The molecule has 6 N–H and O–H groups in total. The Morgan fingerprint density at radius 1 is 0.444 bits per heavy atom. The van der Waals surface area contributed by atoms with Crippen molar-refractivity contribution in [2.24, 2.45) is 121 Å². The number of methoxy groups -OCH3 is 3. The number of aliphatic hydroxyl groups excluding tert-OH is 1. The molecule has 14 rings (SSSR count). The second kappa shape index (κ2) is 56.6. The number of nitrogens with one attached hydrogen (secondary N) is 1. The Balaban J connectivity index is 0.000000251. The van der Waals surface area contributed by atoms with Crippen molar-refractivity contribution in [3.8, 4) is 0 Å². The Kier molecular flexibility index (Phi) is 53.8. The first-order valence-corrected chi connectivity index (χ1v) is 76.7. The summed E-state index contributed by atoms with van der Waals surface area (Å²) >= 11 is 1.90. The molecular weight excluding hydrogens is 2300 g/mol. The molecule has 0 unspecified atom stereocenters. The van der Waals surface area contributed by atoms with E-state index in [0.29, 0.717) is 89.3 Å². The number of ether oxygens (including phenoxy) is 3. The van der Waals surface area contributed by atoms with Gasteiger partial charge in [-0.3, -0.25) is 14.4 Å². The minimum absolute atomic E-state index is 0. The monoisotopic (exact) mass is 2450 g/mol. The minimum atomic E-state index is -1.65. The third kappa shape index (κ3) is 29.7. The summed E-state index contributed by atoms with van der Waals surface area (Å²) in [6.45, 7) is 24.4. The summed E-state index contributed by atoms with van der Waals surface area (Å²) in [4.78, 5) is 40.2. The summed E-state index contributed by atoms with van der Waals surface area (Å²) in [6.07, 6.45) is 39.4. The zero-order valence-electron chi connectivity index (χ0n) is 83.0. The topological polar surface area (TPSA) is 195 Å². The van der Waals surface area contributed by atoms with Crippen LogP contribution in [0.3, 0.4) is 0 Å². The van der Waals surface area contributed by atoms with E-state index in [4.69, 9.17) is 151 Å². The molecule has 36 radical (unpaired) electrons. The molecule has 12 aliphatic carbocycles. The Labute approximate surface area is 889 Å². The molecule has 13 nitrogen and oxygen atoms in total. The van der Waals surface area contributed by atoms with Gasteiger partial charge in [0.1, 0.15) is 5.78 Å². The number of carboxylic acid groups (broad SMARTS) is 1. The van der Waals surface area contributed by atoms with Crippen LogP contribution in [0.4, 0.5) is 0 Å². The number of ketones is 1. The summed E-state index contributed by atoms with van der Waals surface area (Å²) in [5.74, 6) is 9.27. The summed E-state index contributed by atoms with van der Waals surface area (Å²) in [5.41, 5.74) is -0.262. The molecule has 1 amide bonds. The number of hydrogen-bond acceptors (Lipinski definition) is 11. The van der Waals surface area contributed by atoms with Crippen LogP contribution in [0.15, 0.2) is 0 Å². The number of aliphatic hydroxyl groups is 4. The molecule has 14 aliphatic rings. The van der Waals surface area contributed by atoms with E-state index in [9.17, 15) is 34.8 Å². The molecule has 12 saturated carbocycles. The number of likely N-dealkylation sites (tertiary alicyclic amines) is 1. The Bertz CT molecular complexity index is 3380. The van der Waals surface area contributed by atoms with Crippen LogP contribution >= 0.6 is 102 Å². The number of Topliss-reactive ketones (excluding diaryl/α,β-unsaturated/α-hetero) is 1. The van der Waals surface area contributed by atoms with Gasteiger partial charge < -0.3 is 50.0 Å². The van der Waals surface area contributed by atoms with Gasteiger partial charge in [0.15, 0.2) is 0 Å². The number of aliphatic carboxylic acids is 1. The van der Waals surface area contributed by atoms with Gasteiger partial charge >= 0.3 is 312 Å². The average Bonchev–Trinajstić information content (AvgIpc) is 1.66. The fraction of sp³-hybridized carbons (Fsp3) is 0.964. The van der Waals surface area contributed by atoms with Crippen molar-refractivity contribution in [3.63, 3.8) is 0 Å². The van der Waals surface area contributed by atoms with Crippen LogP contribution in [0.25, 0.3) is 0 Å². The van der Waals surface area contributed by atoms with Gasteiger partial charge in [-0.05, 0) is 356 Å². The number of hydrogen-bond donors (Lipinski definition) is 6.